The highest BCUT2D eigenvalue weighted by molar-refractivity contribution is 5.31. The van der Waals surface area contributed by atoms with Crippen molar-refractivity contribution >= 4 is 0 Å². The molecule has 4 heterocycles. The van der Waals surface area contributed by atoms with Crippen LogP contribution in [-0.2, 0) is 6.54 Å². The van der Waals surface area contributed by atoms with E-state index in [1.807, 2.05) is 12.1 Å². The maximum atomic E-state index is 14.7. The number of hydrogen-bond donors (Lipinski definition) is 0. The van der Waals surface area contributed by atoms with Crippen LogP contribution < -0.4 is 4.74 Å². The fourth-order valence-electron chi connectivity index (χ4n) is 5.77. The first-order chi connectivity index (χ1) is 13.7. The van der Waals surface area contributed by atoms with Crippen LogP contribution in [0.1, 0.15) is 29.9 Å². The molecule has 2 aromatic rings. The monoisotopic (exact) mass is 384 g/mol. The molecule has 4 saturated heterocycles. The van der Waals surface area contributed by atoms with E-state index in [4.69, 9.17) is 4.74 Å². The predicted octanol–water partition coefficient (Wildman–Crippen LogP) is 4.04. The van der Waals surface area contributed by atoms with Gasteiger partial charge in [-0.25, -0.2) is 8.78 Å². The van der Waals surface area contributed by atoms with Gasteiger partial charge in [0.2, 0.25) is 0 Å². The summed E-state index contributed by atoms with van der Waals surface area (Å²) in [5, 5.41) is 0. The van der Waals surface area contributed by atoms with E-state index in [1.165, 1.54) is 24.5 Å². The SMILES string of the molecule is COc1ccc(CN2C[C@H](c3cccc(F)c3F)[C@H]3[C@@H]2C2CCN3CC2)cc1. The maximum absolute atomic E-state index is 14.7. The molecular weight excluding hydrogens is 358 g/mol. The molecule has 0 aliphatic carbocycles. The molecule has 0 spiro atoms. The van der Waals surface area contributed by atoms with Crippen LogP contribution in [0.2, 0.25) is 0 Å². The van der Waals surface area contributed by atoms with Gasteiger partial charge in [-0.3, -0.25) is 9.80 Å². The molecule has 2 aromatic carbocycles. The van der Waals surface area contributed by atoms with Crippen molar-refractivity contribution in [1.29, 1.82) is 0 Å². The van der Waals surface area contributed by atoms with Crippen LogP contribution in [0.25, 0.3) is 0 Å². The first kappa shape index (κ1) is 18.1. The minimum atomic E-state index is -0.737. The number of nitrogens with zero attached hydrogens (tertiary/aromatic N) is 2. The van der Waals surface area contributed by atoms with Gasteiger partial charge in [0, 0.05) is 31.1 Å². The first-order valence-electron chi connectivity index (χ1n) is 10.2. The van der Waals surface area contributed by atoms with Gasteiger partial charge in [-0.15, -0.1) is 0 Å². The minimum absolute atomic E-state index is 0.0158. The molecule has 148 valence electrons. The first-order valence-corrected chi connectivity index (χ1v) is 10.2. The Morgan fingerprint density at radius 1 is 1.00 bits per heavy atom. The third-order valence-electron chi connectivity index (χ3n) is 7.02. The quantitative estimate of drug-likeness (QED) is 0.791. The predicted molar refractivity (Wildman–Crippen MR) is 104 cm³/mol. The van der Waals surface area contributed by atoms with Gasteiger partial charge in [-0.05, 0) is 61.2 Å². The van der Waals surface area contributed by atoms with Crippen LogP contribution in [0.3, 0.4) is 0 Å². The lowest BCUT2D eigenvalue weighted by Crippen LogP contribution is -2.60. The van der Waals surface area contributed by atoms with Gasteiger partial charge in [0.15, 0.2) is 11.6 Å². The summed E-state index contributed by atoms with van der Waals surface area (Å²) in [5.74, 6) is 0.112. The summed E-state index contributed by atoms with van der Waals surface area (Å²) in [6, 6.07) is 13.5. The lowest BCUT2D eigenvalue weighted by Gasteiger charge is -2.51. The average Bonchev–Trinajstić information content (AvgIpc) is 3.13. The Morgan fingerprint density at radius 3 is 2.46 bits per heavy atom. The average molecular weight is 384 g/mol. The van der Waals surface area contributed by atoms with Crippen LogP contribution in [-0.4, -0.2) is 48.6 Å². The van der Waals surface area contributed by atoms with E-state index in [0.29, 0.717) is 17.5 Å². The highest BCUT2D eigenvalue weighted by Gasteiger charge is 2.53. The Kier molecular flexibility index (Phi) is 4.60. The number of fused-ring (bicyclic) bond motifs is 2. The zero-order valence-electron chi connectivity index (χ0n) is 16.2. The van der Waals surface area contributed by atoms with Crippen molar-refractivity contribution in [3.8, 4) is 5.75 Å². The number of piperidine rings is 3. The topological polar surface area (TPSA) is 15.7 Å². The molecule has 3 atom stereocenters. The van der Waals surface area contributed by atoms with E-state index in [0.717, 1.165) is 31.9 Å². The summed E-state index contributed by atoms with van der Waals surface area (Å²) >= 11 is 0. The lowest BCUT2D eigenvalue weighted by atomic mass is 9.75. The van der Waals surface area contributed by atoms with Gasteiger partial charge in [-0.1, -0.05) is 24.3 Å². The number of hydrogen-bond acceptors (Lipinski definition) is 3. The summed E-state index contributed by atoms with van der Waals surface area (Å²) in [5.41, 5.74) is 1.77. The van der Waals surface area contributed by atoms with E-state index < -0.39 is 11.6 Å². The summed E-state index contributed by atoms with van der Waals surface area (Å²) in [4.78, 5) is 5.03. The third kappa shape index (κ3) is 2.92. The van der Waals surface area contributed by atoms with Crippen molar-refractivity contribution in [2.24, 2.45) is 5.92 Å². The Hall–Kier alpha value is -1.98. The number of methoxy groups -OCH3 is 1. The Labute approximate surface area is 164 Å². The number of benzene rings is 2. The van der Waals surface area contributed by atoms with Gasteiger partial charge in [0.25, 0.3) is 0 Å². The van der Waals surface area contributed by atoms with Crippen molar-refractivity contribution in [3.63, 3.8) is 0 Å². The molecule has 4 aliphatic heterocycles. The van der Waals surface area contributed by atoms with Crippen molar-refractivity contribution in [1.82, 2.24) is 9.80 Å². The minimum Gasteiger partial charge on any atom is -0.497 e. The Morgan fingerprint density at radius 2 is 1.75 bits per heavy atom. The summed E-state index contributed by atoms with van der Waals surface area (Å²) in [7, 11) is 1.67. The zero-order chi connectivity index (χ0) is 19.3. The van der Waals surface area contributed by atoms with Gasteiger partial charge < -0.3 is 4.74 Å². The Balaban J connectivity index is 1.47. The van der Waals surface area contributed by atoms with Crippen molar-refractivity contribution in [2.45, 2.75) is 37.4 Å². The summed E-state index contributed by atoms with van der Waals surface area (Å²) in [6.07, 6.45) is 2.41. The molecule has 0 N–H and O–H groups in total. The Bertz CT molecular complexity index is 848. The molecular formula is C23H26F2N2O. The maximum Gasteiger partial charge on any atom is 0.162 e. The van der Waals surface area contributed by atoms with Crippen molar-refractivity contribution in [2.75, 3.05) is 26.7 Å². The van der Waals surface area contributed by atoms with Crippen LogP contribution in [0.5, 0.6) is 5.75 Å². The highest BCUT2D eigenvalue weighted by Crippen LogP contribution is 2.47. The summed E-state index contributed by atoms with van der Waals surface area (Å²) < 4.78 is 33.9. The van der Waals surface area contributed by atoms with E-state index >= 15 is 0 Å². The fraction of sp³-hybridized carbons (Fsp3) is 0.478. The second-order valence-electron chi connectivity index (χ2n) is 8.38. The van der Waals surface area contributed by atoms with Gasteiger partial charge in [0.05, 0.1) is 7.11 Å². The third-order valence-corrected chi connectivity index (χ3v) is 7.02. The molecule has 0 unspecified atom stereocenters. The molecule has 4 aliphatic rings. The number of halogens is 2. The zero-order valence-corrected chi connectivity index (χ0v) is 16.2. The number of ether oxygens (including phenoxy) is 1. The molecule has 0 saturated carbocycles. The molecule has 3 nitrogen and oxygen atoms in total. The van der Waals surface area contributed by atoms with Crippen LogP contribution in [0.15, 0.2) is 42.5 Å². The molecule has 0 aromatic heterocycles. The van der Waals surface area contributed by atoms with Crippen molar-refractivity contribution in [3.05, 3.63) is 65.2 Å². The van der Waals surface area contributed by atoms with Crippen LogP contribution in [0.4, 0.5) is 8.78 Å². The molecule has 6 rings (SSSR count). The largest absolute Gasteiger partial charge is 0.497 e. The van der Waals surface area contributed by atoms with E-state index in [2.05, 4.69) is 21.9 Å². The van der Waals surface area contributed by atoms with Gasteiger partial charge >= 0.3 is 0 Å². The summed E-state index contributed by atoms with van der Waals surface area (Å²) in [6.45, 7) is 3.77. The van der Waals surface area contributed by atoms with E-state index in [9.17, 15) is 8.78 Å². The number of rotatable bonds is 4. The molecule has 0 amide bonds. The second-order valence-corrected chi connectivity index (χ2v) is 8.38. The molecule has 2 bridgehead atoms. The normalized spacial score (nSPS) is 31.8. The van der Waals surface area contributed by atoms with E-state index in [1.54, 1.807) is 19.2 Å². The lowest BCUT2D eigenvalue weighted by molar-refractivity contribution is -0.00888. The number of likely N-dealkylation sites (tertiary alicyclic amines) is 1. The molecule has 4 fully saturated rings. The fourth-order valence-corrected chi connectivity index (χ4v) is 5.77. The van der Waals surface area contributed by atoms with E-state index in [-0.39, 0.29) is 12.0 Å². The van der Waals surface area contributed by atoms with Gasteiger partial charge in [0.1, 0.15) is 5.75 Å². The molecule has 0 radical (unpaired) electrons. The van der Waals surface area contributed by atoms with Gasteiger partial charge in [-0.2, -0.15) is 0 Å². The highest BCUT2D eigenvalue weighted by atomic mass is 19.2. The standard InChI is InChI=1S/C23H26F2N2O/c1-28-17-7-5-15(6-8-17)13-27-14-19(18-3-2-4-20(24)21(18)25)23-22(27)16-9-11-26(23)12-10-16/h2-8,16,19,22-23H,9-14H2,1H3/t19-,22+,23+/m1/s1. The second kappa shape index (κ2) is 7.12. The molecule has 5 heteroatoms. The smallest absolute Gasteiger partial charge is 0.162 e. The van der Waals surface area contributed by atoms with Crippen molar-refractivity contribution < 1.29 is 13.5 Å². The molecule has 28 heavy (non-hydrogen) atoms. The van der Waals surface area contributed by atoms with Crippen LogP contribution in [0, 0.1) is 17.6 Å². The van der Waals surface area contributed by atoms with Crippen LogP contribution >= 0.6 is 0 Å².